The van der Waals surface area contributed by atoms with Crippen LogP contribution in [0.15, 0.2) is 24.3 Å². The molecular formula is C19H23N. The lowest BCUT2D eigenvalue weighted by Gasteiger charge is -2.21. The number of fused-ring (bicyclic) bond motifs is 2. The Balaban J connectivity index is 1.98. The van der Waals surface area contributed by atoms with Crippen molar-refractivity contribution in [2.24, 2.45) is 0 Å². The van der Waals surface area contributed by atoms with Crippen molar-refractivity contribution < 1.29 is 0 Å². The van der Waals surface area contributed by atoms with Gasteiger partial charge in [0.25, 0.3) is 0 Å². The largest absolute Gasteiger partial charge is 0.310 e. The van der Waals surface area contributed by atoms with Crippen molar-refractivity contribution in [1.82, 2.24) is 5.32 Å². The molecule has 1 unspecified atom stereocenters. The van der Waals surface area contributed by atoms with E-state index in [9.17, 15) is 0 Å². The van der Waals surface area contributed by atoms with Crippen LogP contribution in [-0.4, -0.2) is 6.54 Å². The highest BCUT2D eigenvalue weighted by Gasteiger charge is 2.24. The van der Waals surface area contributed by atoms with E-state index < -0.39 is 0 Å². The van der Waals surface area contributed by atoms with E-state index in [2.05, 4.69) is 36.5 Å². The summed E-state index contributed by atoms with van der Waals surface area (Å²) in [5, 5.41) is 6.85. The van der Waals surface area contributed by atoms with Crippen LogP contribution >= 0.6 is 0 Å². The highest BCUT2D eigenvalue weighted by atomic mass is 14.9. The molecule has 1 nitrogen and oxygen atoms in total. The highest BCUT2D eigenvalue weighted by molar-refractivity contribution is 5.94. The van der Waals surface area contributed by atoms with Crippen molar-refractivity contribution in [2.45, 2.75) is 51.5 Å². The number of hydrogen-bond donors (Lipinski definition) is 1. The SMILES string of the molecule is CCNC1CCCCc2c1cc1c3c(cccc23)CC1. The van der Waals surface area contributed by atoms with Gasteiger partial charge in [0.15, 0.2) is 0 Å². The van der Waals surface area contributed by atoms with Crippen LogP contribution in [0.3, 0.4) is 0 Å². The van der Waals surface area contributed by atoms with Crippen molar-refractivity contribution in [3.8, 4) is 0 Å². The third-order valence-corrected chi connectivity index (χ3v) is 5.13. The van der Waals surface area contributed by atoms with Crippen LogP contribution in [0.5, 0.6) is 0 Å². The van der Waals surface area contributed by atoms with E-state index in [0.717, 1.165) is 6.54 Å². The van der Waals surface area contributed by atoms with Gasteiger partial charge in [0.05, 0.1) is 0 Å². The number of nitrogens with one attached hydrogen (secondary N) is 1. The fourth-order valence-corrected chi connectivity index (χ4v) is 4.26. The van der Waals surface area contributed by atoms with Gasteiger partial charge in [0, 0.05) is 6.04 Å². The van der Waals surface area contributed by atoms with Gasteiger partial charge in [-0.1, -0.05) is 37.6 Å². The van der Waals surface area contributed by atoms with Crippen LogP contribution in [0.4, 0.5) is 0 Å². The molecule has 2 aliphatic carbocycles. The molecule has 0 heterocycles. The highest BCUT2D eigenvalue weighted by Crippen LogP contribution is 2.39. The first-order chi connectivity index (χ1) is 9.88. The fourth-order valence-electron chi connectivity index (χ4n) is 4.26. The van der Waals surface area contributed by atoms with Crippen LogP contribution in [0.1, 0.15) is 54.5 Å². The van der Waals surface area contributed by atoms with Crippen LogP contribution in [-0.2, 0) is 19.3 Å². The summed E-state index contributed by atoms with van der Waals surface area (Å²) < 4.78 is 0. The van der Waals surface area contributed by atoms with Gasteiger partial charge in [-0.3, -0.25) is 0 Å². The smallest absolute Gasteiger partial charge is 0.0323 e. The normalized spacial score (nSPS) is 20.9. The lowest BCUT2D eigenvalue weighted by molar-refractivity contribution is 0.504. The Bertz CT molecular complexity index is 656. The summed E-state index contributed by atoms with van der Waals surface area (Å²) in [6, 6.07) is 10.1. The average molecular weight is 265 g/mol. The number of rotatable bonds is 2. The second kappa shape index (κ2) is 4.89. The maximum absolute atomic E-state index is 3.71. The first kappa shape index (κ1) is 12.4. The molecular weight excluding hydrogens is 242 g/mol. The van der Waals surface area contributed by atoms with Crippen molar-refractivity contribution >= 4 is 10.8 Å². The van der Waals surface area contributed by atoms with Crippen molar-refractivity contribution in [3.05, 3.63) is 46.5 Å². The zero-order valence-electron chi connectivity index (χ0n) is 12.3. The molecule has 0 aromatic heterocycles. The maximum Gasteiger partial charge on any atom is 0.0323 e. The van der Waals surface area contributed by atoms with E-state index in [1.807, 2.05) is 0 Å². The van der Waals surface area contributed by atoms with Crippen molar-refractivity contribution in [3.63, 3.8) is 0 Å². The zero-order valence-corrected chi connectivity index (χ0v) is 12.3. The molecule has 0 radical (unpaired) electrons. The van der Waals surface area contributed by atoms with Crippen molar-refractivity contribution in [1.29, 1.82) is 0 Å². The van der Waals surface area contributed by atoms with E-state index in [-0.39, 0.29) is 0 Å². The molecule has 0 saturated carbocycles. The molecule has 0 fully saturated rings. The molecule has 1 N–H and O–H groups in total. The van der Waals surface area contributed by atoms with Gasteiger partial charge in [-0.05, 0) is 71.7 Å². The first-order valence-corrected chi connectivity index (χ1v) is 8.18. The summed E-state index contributed by atoms with van der Waals surface area (Å²) in [6.45, 7) is 3.29. The topological polar surface area (TPSA) is 12.0 Å². The average Bonchev–Trinajstić information content (AvgIpc) is 2.77. The van der Waals surface area contributed by atoms with E-state index in [1.54, 1.807) is 33.0 Å². The third-order valence-electron chi connectivity index (χ3n) is 5.13. The second-order valence-corrected chi connectivity index (χ2v) is 6.30. The Morgan fingerprint density at radius 3 is 2.90 bits per heavy atom. The summed E-state index contributed by atoms with van der Waals surface area (Å²) in [4.78, 5) is 0. The van der Waals surface area contributed by atoms with Crippen LogP contribution in [0.2, 0.25) is 0 Å². The molecule has 0 saturated heterocycles. The molecule has 4 rings (SSSR count). The van der Waals surface area contributed by atoms with Gasteiger partial charge in [0.2, 0.25) is 0 Å². The zero-order chi connectivity index (χ0) is 13.5. The van der Waals surface area contributed by atoms with Gasteiger partial charge in [-0.2, -0.15) is 0 Å². The van der Waals surface area contributed by atoms with E-state index in [1.165, 1.54) is 38.5 Å². The first-order valence-electron chi connectivity index (χ1n) is 8.18. The number of benzene rings is 2. The minimum atomic E-state index is 0.572. The molecule has 2 aromatic rings. The lowest BCUT2D eigenvalue weighted by atomic mass is 9.90. The van der Waals surface area contributed by atoms with Gasteiger partial charge in [-0.25, -0.2) is 0 Å². The monoisotopic (exact) mass is 265 g/mol. The number of aryl methyl sites for hydroxylation is 3. The summed E-state index contributed by atoms with van der Waals surface area (Å²) in [5.41, 5.74) is 6.41. The molecule has 0 aliphatic heterocycles. The Hall–Kier alpha value is -1.34. The molecule has 1 atom stereocenters. The third kappa shape index (κ3) is 1.80. The molecule has 20 heavy (non-hydrogen) atoms. The second-order valence-electron chi connectivity index (χ2n) is 6.30. The molecule has 104 valence electrons. The molecule has 0 spiro atoms. The summed E-state index contributed by atoms with van der Waals surface area (Å²) in [7, 11) is 0. The fraction of sp³-hybridized carbons (Fsp3) is 0.474. The van der Waals surface area contributed by atoms with E-state index in [4.69, 9.17) is 0 Å². The van der Waals surface area contributed by atoms with Gasteiger partial charge >= 0.3 is 0 Å². The van der Waals surface area contributed by atoms with Crippen LogP contribution in [0.25, 0.3) is 10.8 Å². The predicted octanol–water partition coefficient (Wildman–Crippen LogP) is 4.32. The Morgan fingerprint density at radius 2 is 2.00 bits per heavy atom. The van der Waals surface area contributed by atoms with Crippen LogP contribution in [0, 0.1) is 0 Å². The van der Waals surface area contributed by atoms with Crippen LogP contribution < -0.4 is 5.32 Å². The minimum Gasteiger partial charge on any atom is -0.310 e. The molecule has 0 bridgehead atoms. The van der Waals surface area contributed by atoms with E-state index in [0.29, 0.717) is 6.04 Å². The summed E-state index contributed by atoms with van der Waals surface area (Å²) in [5.74, 6) is 0. The Kier molecular flexibility index (Phi) is 3.03. The maximum atomic E-state index is 3.71. The quantitative estimate of drug-likeness (QED) is 0.798. The summed E-state index contributed by atoms with van der Waals surface area (Å²) >= 11 is 0. The molecule has 2 aliphatic rings. The Labute approximate surface area is 121 Å². The summed E-state index contributed by atoms with van der Waals surface area (Å²) in [6.07, 6.45) is 7.72. The van der Waals surface area contributed by atoms with Crippen molar-refractivity contribution in [2.75, 3.05) is 6.54 Å². The lowest BCUT2D eigenvalue weighted by Crippen LogP contribution is -2.21. The van der Waals surface area contributed by atoms with Gasteiger partial charge < -0.3 is 5.32 Å². The molecule has 1 heteroatoms. The van der Waals surface area contributed by atoms with Gasteiger partial charge in [0.1, 0.15) is 0 Å². The van der Waals surface area contributed by atoms with E-state index >= 15 is 0 Å². The standard InChI is InChI=1S/C19H23N/c1-2-20-18-9-4-3-7-15-16-8-5-6-13-10-11-14(19(13)16)12-17(15)18/h5-6,8,12,18,20H,2-4,7,9-11H2,1H3. The van der Waals surface area contributed by atoms with Gasteiger partial charge in [-0.15, -0.1) is 0 Å². The number of hydrogen-bond acceptors (Lipinski definition) is 1. The Morgan fingerprint density at radius 1 is 1.10 bits per heavy atom. The predicted molar refractivity (Wildman–Crippen MR) is 85.3 cm³/mol. The molecule has 2 aromatic carbocycles. The minimum absolute atomic E-state index is 0.572. The molecule has 0 amide bonds.